The van der Waals surface area contributed by atoms with Gasteiger partial charge in [-0.1, -0.05) is 30.0 Å². The molecule has 0 aliphatic rings. The van der Waals surface area contributed by atoms with E-state index in [1.807, 2.05) is 95.1 Å². The van der Waals surface area contributed by atoms with Crippen LogP contribution < -0.4 is 4.90 Å². The summed E-state index contributed by atoms with van der Waals surface area (Å²) in [4.78, 5) is 19.1. The Kier molecular flexibility index (Phi) is 5.94. The topological polar surface area (TPSA) is 68.8 Å². The Morgan fingerprint density at radius 2 is 1.80 bits per heavy atom. The molecule has 1 aromatic carbocycles. The number of amides is 1. The molecule has 0 fully saturated rings. The van der Waals surface area contributed by atoms with E-state index in [1.54, 1.807) is 12.4 Å². The van der Waals surface area contributed by atoms with Crippen LogP contribution in [-0.2, 0) is 4.79 Å². The molecular weight excluding hydrogens is 396 g/mol. The van der Waals surface area contributed by atoms with E-state index in [0.29, 0.717) is 11.0 Å². The maximum absolute atomic E-state index is 13.1. The second-order valence-electron chi connectivity index (χ2n) is 6.90. The molecular formula is C22H22N6OS. The van der Waals surface area contributed by atoms with Gasteiger partial charge in [-0.15, -0.1) is 10.2 Å². The van der Waals surface area contributed by atoms with E-state index < -0.39 is 0 Å². The molecule has 152 valence electrons. The highest BCUT2D eigenvalue weighted by atomic mass is 32.2. The molecule has 3 aromatic heterocycles. The van der Waals surface area contributed by atoms with Gasteiger partial charge >= 0.3 is 0 Å². The van der Waals surface area contributed by atoms with Gasteiger partial charge in [-0.3, -0.25) is 14.5 Å². The highest BCUT2D eigenvalue weighted by molar-refractivity contribution is 7.99. The normalized spacial score (nSPS) is 11.0. The molecule has 4 aromatic rings. The number of anilines is 1. The molecule has 0 atom stereocenters. The maximum Gasteiger partial charge on any atom is 0.237 e. The van der Waals surface area contributed by atoms with Gasteiger partial charge < -0.3 is 4.90 Å². The zero-order valence-electron chi connectivity index (χ0n) is 16.8. The zero-order valence-corrected chi connectivity index (χ0v) is 17.6. The van der Waals surface area contributed by atoms with E-state index in [0.717, 1.165) is 11.3 Å². The lowest BCUT2D eigenvalue weighted by Gasteiger charge is -2.26. The summed E-state index contributed by atoms with van der Waals surface area (Å²) in [5, 5.41) is 9.35. The molecule has 0 N–H and O–H groups in total. The van der Waals surface area contributed by atoms with E-state index in [2.05, 4.69) is 15.2 Å². The third-order valence-electron chi connectivity index (χ3n) is 4.50. The van der Waals surface area contributed by atoms with E-state index >= 15 is 0 Å². The van der Waals surface area contributed by atoms with Gasteiger partial charge in [0.2, 0.25) is 11.1 Å². The summed E-state index contributed by atoms with van der Waals surface area (Å²) in [6.07, 6.45) is 7.30. The first-order chi connectivity index (χ1) is 14.6. The number of rotatable bonds is 7. The molecule has 0 saturated carbocycles. The largest absolute Gasteiger partial charge is 0.309 e. The summed E-state index contributed by atoms with van der Waals surface area (Å²) in [6.45, 7) is 4.02. The summed E-state index contributed by atoms with van der Waals surface area (Å²) < 4.78 is 3.78. The van der Waals surface area contributed by atoms with Crippen LogP contribution in [0.1, 0.15) is 13.8 Å². The minimum absolute atomic E-state index is 0.0196. The van der Waals surface area contributed by atoms with Crippen LogP contribution in [0.2, 0.25) is 0 Å². The van der Waals surface area contributed by atoms with Crippen molar-refractivity contribution in [1.29, 1.82) is 0 Å². The van der Waals surface area contributed by atoms with Crippen molar-refractivity contribution >= 4 is 23.4 Å². The number of hydrogen-bond acceptors (Lipinski definition) is 5. The summed E-state index contributed by atoms with van der Waals surface area (Å²) >= 11 is 1.37. The summed E-state index contributed by atoms with van der Waals surface area (Å²) in [5.41, 5.74) is 1.74. The zero-order chi connectivity index (χ0) is 20.9. The lowest BCUT2D eigenvalue weighted by atomic mass is 10.2. The van der Waals surface area contributed by atoms with Crippen molar-refractivity contribution in [3.05, 3.63) is 79.4 Å². The second kappa shape index (κ2) is 8.96. The van der Waals surface area contributed by atoms with Gasteiger partial charge in [-0.25, -0.2) is 4.68 Å². The average Bonchev–Trinajstić information content (AvgIpc) is 3.43. The second-order valence-corrected chi connectivity index (χ2v) is 7.85. The van der Waals surface area contributed by atoms with Crippen LogP contribution in [0.4, 0.5) is 5.69 Å². The molecule has 4 rings (SSSR count). The molecule has 1 amide bonds. The van der Waals surface area contributed by atoms with E-state index in [9.17, 15) is 4.79 Å². The van der Waals surface area contributed by atoms with Crippen LogP contribution in [0.5, 0.6) is 0 Å². The SMILES string of the molecule is CC(C)N(C(=O)CSc1nnc(-c2cccnc2)n1-n1cccc1)c1ccccc1. The highest BCUT2D eigenvalue weighted by Gasteiger charge is 2.22. The highest BCUT2D eigenvalue weighted by Crippen LogP contribution is 2.25. The van der Waals surface area contributed by atoms with Crippen molar-refractivity contribution in [3.63, 3.8) is 0 Å². The van der Waals surface area contributed by atoms with E-state index in [4.69, 9.17) is 0 Å². The molecule has 8 heteroatoms. The van der Waals surface area contributed by atoms with Gasteiger partial charge in [0.25, 0.3) is 0 Å². The number of para-hydroxylation sites is 1. The maximum atomic E-state index is 13.1. The molecule has 0 unspecified atom stereocenters. The molecule has 3 heterocycles. The number of pyridine rings is 1. The number of nitrogens with zero attached hydrogens (tertiary/aromatic N) is 6. The average molecular weight is 419 g/mol. The third kappa shape index (κ3) is 4.13. The smallest absolute Gasteiger partial charge is 0.237 e. The molecule has 30 heavy (non-hydrogen) atoms. The van der Waals surface area contributed by atoms with Crippen molar-refractivity contribution < 1.29 is 4.79 Å². The Hall–Kier alpha value is -3.39. The summed E-state index contributed by atoms with van der Waals surface area (Å²) in [5.74, 6) is 0.934. The number of thioether (sulfide) groups is 1. The van der Waals surface area contributed by atoms with Gasteiger partial charge in [-0.05, 0) is 50.2 Å². The first-order valence-corrected chi connectivity index (χ1v) is 10.6. The van der Waals surface area contributed by atoms with Crippen LogP contribution in [0.25, 0.3) is 11.4 Å². The minimum Gasteiger partial charge on any atom is -0.309 e. The van der Waals surface area contributed by atoms with Crippen LogP contribution in [-0.4, -0.2) is 42.2 Å². The monoisotopic (exact) mass is 418 g/mol. The Morgan fingerprint density at radius 3 is 2.47 bits per heavy atom. The molecule has 0 spiro atoms. The molecule has 0 saturated heterocycles. The minimum atomic E-state index is 0.0196. The van der Waals surface area contributed by atoms with Crippen LogP contribution in [0, 0.1) is 0 Å². The van der Waals surface area contributed by atoms with Gasteiger partial charge in [0.05, 0.1) is 5.75 Å². The number of aromatic nitrogens is 5. The summed E-state index contributed by atoms with van der Waals surface area (Å²) in [7, 11) is 0. The fourth-order valence-corrected chi connectivity index (χ4v) is 4.01. The standard InChI is InChI=1S/C22H22N6OS/c1-17(2)27(19-10-4-3-5-11-19)20(29)16-30-22-25-24-21(18-9-8-12-23-15-18)28(22)26-13-6-7-14-26/h3-15,17H,16H2,1-2H3. The van der Waals surface area contributed by atoms with E-state index in [1.165, 1.54) is 11.8 Å². The Bertz CT molecular complexity index is 1090. The third-order valence-corrected chi connectivity index (χ3v) is 5.40. The summed E-state index contributed by atoms with van der Waals surface area (Å²) in [6, 6.07) is 17.4. The van der Waals surface area contributed by atoms with Crippen molar-refractivity contribution in [2.75, 3.05) is 10.7 Å². The first-order valence-electron chi connectivity index (χ1n) is 9.64. The number of carbonyl (C=O) groups is 1. The molecule has 0 radical (unpaired) electrons. The van der Waals surface area contributed by atoms with Crippen LogP contribution in [0.3, 0.4) is 0 Å². The van der Waals surface area contributed by atoms with Gasteiger partial charge in [-0.2, -0.15) is 0 Å². The number of benzene rings is 1. The lowest BCUT2D eigenvalue weighted by Crippen LogP contribution is -2.38. The van der Waals surface area contributed by atoms with Gasteiger partial charge in [0.15, 0.2) is 5.82 Å². The molecule has 0 aliphatic carbocycles. The molecule has 7 nitrogen and oxygen atoms in total. The Labute approximate surface area is 179 Å². The Balaban J connectivity index is 1.61. The fourth-order valence-electron chi connectivity index (χ4n) is 3.21. The fraction of sp³-hybridized carbons (Fsp3) is 0.182. The predicted molar refractivity (Wildman–Crippen MR) is 118 cm³/mol. The first kappa shape index (κ1) is 19.9. The van der Waals surface area contributed by atoms with Gasteiger partial charge in [0.1, 0.15) is 0 Å². The predicted octanol–water partition coefficient (Wildman–Crippen LogP) is 3.99. The van der Waals surface area contributed by atoms with Gasteiger partial charge in [0, 0.05) is 42.1 Å². The number of hydrogen-bond donors (Lipinski definition) is 0. The molecule has 0 bridgehead atoms. The molecule has 0 aliphatic heterocycles. The van der Waals surface area contributed by atoms with E-state index in [-0.39, 0.29) is 17.7 Å². The van der Waals surface area contributed by atoms with Crippen molar-refractivity contribution in [1.82, 2.24) is 24.5 Å². The number of carbonyl (C=O) groups excluding carboxylic acids is 1. The quantitative estimate of drug-likeness (QED) is 0.425. The van der Waals surface area contributed by atoms with Crippen LogP contribution >= 0.6 is 11.8 Å². The lowest BCUT2D eigenvalue weighted by molar-refractivity contribution is -0.116. The van der Waals surface area contributed by atoms with Crippen molar-refractivity contribution in [2.24, 2.45) is 0 Å². The Morgan fingerprint density at radius 1 is 1.03 bits per heavy atom. The van der Waals surface area contributed by atoms with Crippen LogP contribution in [0.15, 0.2) is 84.5 Å². The van der Waals surface area contributed by atoms with Crippen molar-refractivity contribution in [2.45, 2.75) is 25.0 Å². The van der Waals surface area contributed by atoms with Crippen molar-refractivity contribution in [3.8, 4) is 11.4 Å².